The molecular formula is C14H21N. The van der Waals surface area contributed by atoms with Crippen LogP contribution in [-0.2, 0) is 6.54 Å². The van der Waals surface area contributed by atoms with Crippen LogP contribution in [0.4, 0.5) is 0 Å². The lowest BCUT2D eigenvalue weighted by molar-refractivity contribution is 0.184. The second-order valence-corrected chi connectivity index (χ2v) is 4.69. The molecule has 0 radical (unpaired) electrons. The van der Waals surface area contributed by atoms with Gasteiger partial charge in [-0.1, -0.05) is 49.6 Å². The van der Waals surface area contributed by atoms with E-state index in [-0.39, 0.29) is 0 Å². The summed E-state index contributed by atoms with van der Waals surface area (Å²) in [5.41, 5.74) is 1.44. The molecule has 1 nitrogen and oxygen atoms in total. The van der Waals surface area contributed by atoms with Crippen LogP contribution in [0.5, 0.6) is 0 Å². The smallest absolute Gasteiger partial charge is 0.0233 e. The normalized spacial score (nSPS) is 18.3. The Kier molecular flexibility index (Phi) is 3.79. The van der Waals surface area contributed by atoms with Crippen molar-refractivity contribution in [2.24, 2.45) is 0 Å². The lowest BCUT2D eigenvalue weighted by Gasteiger charge is -2.31. The van der Waals surface area contributed by atoms with Crippen LogP contribution in [-0.4, -0.2) is 18.0 Å². The molecule has 1 aliphatic carbocycles. The highest BCUT2D eigenvalue weighted by Gasteiger charge is 2.17. The Balaban J connectivity index is 1.88. The van der Waals surface area contributed by atoms with Gasteiger partial charge in [0.2, 0.25) is 0 Å². The lowest BCUT2D eigenvalue weighted by Crippen LogP contribution is -2.32. The fourth-order valence-electron chi connectivity index (χ4n) is 2.52. The number of benzene rings is 1. The highest BCUT2D eigenvalue weighted by molar-refractivity contribution is 5.14. The molecule has 1 aromatic rings. The average molecular weight is 203 g/mol. The number of hydrogen-bond acceptors (Lipinski definition) is 1. The Morgan fingerprint density at radius 1 is 1.07 bits per heavy atom. The van der Waals surface area contributed by atoms with E-state index in [4.69, 9.17) is 0 Å². The van der Waals surface area contributed by atoms with Gasteiger partial charge in [0.25, 0.3) is 0 Å². The van der Waals surface area contributed by atoms with Gasteiger partial charge in [-0.25, -0.2) is 0 Å². The molecule has 0 heterocycles. The van der Waals surface area contributed by atoms with Crippen LogP contribution in [0.25, 0.3) is 0 Å². The van der Waals surface area contributed by atoms with Crippen LogP contribution >= 0.6 is 0 Å². The van der Waals surface area contributed by atoms with Gasteiger partial charge in [0.15, 0.2) is 0 Å². The third-order valence-electron chi connectivity index (χ3n) is 3.47. The van der Waals surface area contributed by atoms with Crippen LogP contribution in [0.1, 0.15) is 37.7 Å². The summed E-state index contributed by atoms with van der Waals surface area (Å²) in [6, 6.07) is 11.6. The van der Waals surface area contributed by atoms with Gasteiger partial charge in [-0.05, 0) is 25.5 Å². The maximum atomic E-state index is 2.52. The molecule has 1 saturated carbocycles. The van der Waals surface area contributed by atoms with E-state index in [0.29, 0.717) is 0 Å². The maximum Gasteiger partial charge on any atom is 0.0233 e. The zero-order valence-corrected chi connectivity index (χ0v) is 9.65. The summed E-state index contributed by atoms with van der Waals surface area (Å²) in [6.07, 6.45) is 7.07. The summed E-state index contributed by atoms with van der Waals surface area (Å²) in [5.74, 6) is 0. The molecule has 15 heavy (non-hydrogen) atoms. The van der Waals surface area contributed by atoms with Crippen molar-refractivity contribution in [2.45, 2.75) is 44.7 Å². The van der Waals surface area contributed by atoms with Gasteiger partial charge < -0.3 is 0 Å². The molecule has 1 aliphatic rings. The molecule has 0 saturated heterocycles. The lowest BCUT2D eigenvalue weighted by atomic mass is 9.94. The van der Waals surface area contributed by atoms with E-state index in [1.807, 2.05) is 0 Å². The molecule has 0 aliphatic heterocycles. The van der Waals surface area contributed by atoms with E-state index in [2.05, 4.69) is 42.3 Å². The molecule has 2 rings (SSSR count). The van der Waals surface area contributed by atoms with Gasteiger partial charge in [-0.3, -0.25) is 4.90 Å². The molecule has 1 fully saturated rings. The number of hydrogen-bond donors (Lipinski definition) is 0. The Morgan fingerprint density at radius 2 is 1.73 bits per heavy atom. The van der Waals surface area contributed by atoms with Crippen molar-refractivity contribution in [3.8, 4) is 0 Å². The van der Waals surface area contributed by atoms with Gasteiger partial charge >= 0.3 is 0 Å². The molecule has 0 aromatic heterocycles. The molecule has 0 bridgehead atoms. The average Bonchev–Trinajstić information content (AvgIpc) is 2.31. The molecule has 0 N–H and O–H groups in total. The van der Waals surface area contributed by atoms with E-state index in [9.17, 15) is 0 Å². The standard InChI is InChI=1S/C14H21N/c1-15(14-10-6-3-7-11-14)12-13-8-4-2-5-9-13/h2,4-5,8-9,14H,3,6-7,10-12H2,1H3. The number of nitrogens with zero attached hydrogens (tertiary/aromatic N) is 1. The van der Waals surface area contributed by atoms with Gasteiger partial charge in [0.1, 0.15) is 0 Å². The fraction of sp³-hybridized carbons (Fsp3) is 0.571. The molecule has 1 heteroatoms. The highest BCUT2D eigenvalue weighted by Crippen LogP contribution is 2.22. The minimum atomic E-state index is 0.818. The SMILES string of the molecule is CN(Cc1ccccc1)C1CCCCC1. The minimum Gasteiger partial charge on any atom is -0.299 e. The van der Waals surface area contributed by atoms with Crippen molar-refractivity contribution in [3.63, 3.8) is 0 Å². The van der Waals surface area contributed by atoms with Gasteiger partial charge in [-0.15, -0.1) is 0 Å². The zero-order chi connectivity index (χ0) is 10.5. The van der Waals surface area contributed by atoms with E-state index in [0.717, 1.165) is 12.6 Å². The van der Waals surface area contributed by atoms with Gasteiger partial charge in [0, 0.05) is 12.6 Å². The molecule has 0 atom stereocenters. The topological polar surface area (TPSA) is 3.24 Å². The van der Waals surface area contributed by atoms with Crippen LogP contribution in [0, 0.1) is 0 Å². The van der Waals surface area contributed by atoms with Crippen molar-refractivity contribution in [1.29, 1.82) is 0 Å². The van der Waals surface area contributed by atoms with Gasteiger partial charge in [-0.2, -0.15) is 0 Å². The first kappa shape index (κ1) is 10.7. The fourth-order valence-corrected chi connectivity index (χ4v) is 2.52. The largest absolute Gasteiger partial charge is 0.299 e. The first-order chi connectivity index (χ1) is 7.36. The van der Waals surface area contributed by atoms with Crippen molar-refractivity contribution < 1.29 is 0 Å². The van der Waals surface area contributed by atoms with Crippen LogP contribution in [0.2, 0.25) is 0 Å². The monoisotopic (exact) mass is 203 g/mol. The Hall–Kier alpha value is -0.820. The van der Waals surface area contributed by atoms with Crippen molar-refractivity contribution in [1.82, 2.24) is 4.90 Å². The summed E-state index contributed by atoms with van der Waals surface area (Å²) in [7, 11) is 2.27. The molecule has 1 aromatic carbocycles. The van der Waals surface area contributed by atoms with Crippen LogP contribution in [0.3, 0.4) is 0 Å². The molecule has 0 unspecified atom stereocenters. The second-order valence-electron chi connectivity index (χ2n) is 4.69. The summed E-state index contributed by atoms with van der Waals surface area (Å²) >= 11 is 0. The molecule has 0 amide bonds. The second kappa shape index (κ2) is 5.32. The third-order valence-corrected chi connectivity index (χ3v) is 3.47. The van der Waals surface area contributed by atoms with E-state index >= 15 is 0 Å². The first-order valence-corrected chi connectivity index (χ1v) is 6.10. The predicted octanol–water partition coefficient (Wildman–Crippen LogP) is 3.45. The van der Waals surface area contributed by atoms with Crippen molar-refractivity contribution >= 4 is 0 Å². The first-order valence-electron chi connectivity index (χ1n) is 6.10. The quantitative estimate of drug-likeness (QED) is 0.727. The summed E-state index contributed by atoms with van der Waals surface area (Å²) in [6.45, 7) is 1.10. The number of rotatable bonds is 3. The molecular weight excluding hydrogens is 182 g/mol. The van der Waals surface area contributed by atoms with E-state index in [1.54, 1.807) is 0 Å². The summed E-state index contributed by atoms with van der Waals surface area (Å²) in [4.78, 5) is 2.52. The minimum absolute atomic E-state index is 0.818. The van der Waals surface area contributed by atoms with Crippen molar-refractivity contribution in [2.75, 3.05) is 7.05 Å². The Labute approximate surface area is 93.1 Å². The van der Waals surface area contributed by atoms with E-state index in [1.165, 1.54) is 37.7 Å². The maximum absolute atomic E-state index is 2.52. The molecule has 82 valence electrons. The Morgan fingerprint density at radius 3 is 2.40 bits per heavy atom. The zero-order valence-electron chi connectivity index (χ0n) is 9.65. The summed E-state index contributed by atoms with van der Waals surface area (Å²) in [5, 5.41) is 0. The molecule has 0 spiro atoms. The summed E-state index contributed by atoms with van der Waals surface area (Å²) < 4.78 is 0. The van der Waals surface area contributed by atoms with E-state index < -0.39 is 0 Å². The van der Waals surface area contributed by atoms with Crippen LogP contribution < -0.4 is 0 Å². The highest BCUT2D eigenvalue weighted by atomic mass is 15.1. The van der Waals surface area contributed by atoms with Gasteiger partial charge in [0.05, 0.1) is 0 Å². The van der Waals surface area contributed by atoms with Crippen LogP contribution in [0.15, 0.2) is 30.3 Å². The Bertz CT molecular complexity index is 275. The third kappa shape index (κ3) is 3.07. The van der Waals surface area contributed by atoms with Crippen molar-refractivity contribution in [3.05, 3.63) is 35.9 Å². The predicted molar refractivity (Wildman–Crippen MR) is 64.8 cm³/mol.